The average Bonchev–Trinajstić information content (AvgIpc) is 2.87. The Morgan fingerprint density at radius 1 is 1.17 bits per heavy atom. The summed E-state index contributed by atoms with van der Waals surface area (Å²) in [5.74, 6) is -0.0729. The zero-order valence-electron chi connectivity index (χ0n) is 24.4. The number of nitro benzene ring substituents is 1. The molecule has 1 atom stereocenters. The largest absolute Gasteiger partial charge is 0.555 e. The Balaban J connectivity index is 2.04. The highest BCUT2D eigenvalue weighted by molar-refractivity contribution is 6.74. The van der Waals surface area contributed by atoms with Gasteiger partial charge in [0.2, 0.25) is 0 Å². The Bertz CT molecular complexity index is 1430. The van der Waals surface area contributed by atoms with Crippen LogP contribution >= 0.6 is 11.6 Å². The van der Waals surface area contributed by atoms with Crippen LogP contribution < -0.4 is 10.1 Å². The Labute approximate surface area is 245 Å². The van der Waals surface area contributed by atoms with E-state index in [4.69, 9.17) is 20.8 Å². The van der Waals surface area contributed by atoms with Crippen molar-refractivity contribution in [3.8, 4) is 16.9 Å². The molecular formula is C28H35ClFN5O5Si-. The number of nitrogens with zero attached hydrogens (tertiary/aromatic N) is 4. The summed E-state index contributed by atoms with van der Waals surface area (Å²) in [4.78, 5) is 35.7. The molecular weight excluding hydrogens is 569 g/mol. The Kier molecular flexibility index (Phi) is 9.51. The number of benzene rings is 1. The third-order valence-electron chi connectivity index (χ3n) is 7.23. The van der Waals surface area contributed by atoms with Crippen molar-refractivity contribution in [2.45, 2.75) is 70.8 Å². The lowest BCUT2D eigenvalue weighted by Gasteiger charge is -2.53. The number of aldehydes is 1. The highest BCUT2D eigenvalue weighted by Crippen LogP contribution is 2.42. The minimum absolute atomic E-state index is 0.0265. The topological polar surface area (TPSA) is 129 Å². The van der Waals surface area contributed by atoms with Crippen LogP contribution in [-0.2, 0) is 14.8 Å². The number of aromatic nitrogens is 3. The maximum absolute atomic E-state index is 15.2. The summed E-state index contributed by atoms with van der Waals surface area (Å²) in [6, 6.07) is 2.81. The minimum Gasteiger partial charge on any atom is -0.555 e. The van der Waals surface area contributed by atoms with Crippen LogP contribution in [0.1, 0.15) is 58.5 Å². The van der Waals surface area contributed by atoms with Crippen molar-refractivity contribution < 1.29 is 23.3 Å². The highest BCUT2D eigenvalue weighted by atomic mass is 35.5. The number of hydrogen-bond donors (Lipinski definition) is 1. The summed E-state index contributed by atoms with van der Waals surface area (Å²) in [6.07, 6.45) is 4.86. The van der Waals surface area contributed by atoms with Crippen LogP contribution in [0.4, 0.5) is 15.8 Å². The second-order valence-electron chi connectivity index (χ2n) is 11.6. The van der Waals surface area contributed by atoms with Gasteiger partial charge in [-0.15, -0.1) is 18.1 Å². The van der Waals surface area contributed by atoms with Crippen LogP contribution in [0.5, 0.6) is 5.75 Å². The van der Waals surface area contributed by atoms with Gasteiger partial charge in [-0.25, -0.2) is 19.3 Å². The minimum atomic E-state index is -2.16. The van der Waals surface area contributed by atoms with Crippen LogP contribution in [0, 0.1) is 15.9 Å². The van der Waals surface area contributed by atoms with Gasteiger partial charge in [-0.2, -0.15) is 0 Å². The molecule has 221 valence electrons. The van der Waals surface area contributed by atoms with Crippen LogP contribution in [0.2, 0.25) is 23.3 Å². The maximum Gasteiger partial charge on any atom is 0.295 e. The zero-order valence-corrected chi connectivity index (χ0v) is 26.2. The van der Waals surface area contributed by atoms with E-state index in [2.05, 4.69) is 54.1 Å². The van der Waals surface area contributed by atoms with Crippen molar-refractivity contribution in [1.82, 2.24) is 15.0 Å². The van der Waals surface area contributed by atoms with Gasteiger partial charge in [-0.05, 0) is 34.3 Å². The molecule has 3 rings (SSSR count). The maximum atomic E-state index is 15.2. The molecule has 0 aliphatic rings. The summed E-state index contributed by atoms with van der Waals surface area (Å²) >= 11 is 6.31. The molecule has 0 amide bonds. The molecule has 0 radical (unpaired) electrons. The molecule has 0 aliphatic heterocycles. The molecule has 0 saturated heterocycles. The lowest BCUT2D eigenvalue weighted by molar-refractivity contribution is -0.384. The van der Waals surface area contributed by atoms with Gasteiger partial charge >= 0.3 is 0 Å². The fourth-order valence-electron chi connectivity index (χ4n) is 4.12. The summed E-state index contributed by atoms with van der Waals surface area (Å²) in [7, 11) is -0.731. The van der Waals surface area contributed by atoms with E-state index in [1.165, 1.54) is 31.8 Å². The first-order valence-corrected chi connectivity index (χ1v) is 16.2. The molecule has 0 bridgehead atoms. The summed E-state index contributed by atoms with van der Waals surface area (Å²) < 4.78 is 27.2. The number of nitro groups is 1. The molecule has 1 N–H and O–H groups in total. The monoisotopic (exact) mass is 603 g/mol. The summed E-state index contributed by atoms with van der Waals surface area (Å²) in [5, 5.41) is 14.9. The van der Waals surface area contributed by atoms with Crippen LogP contribution in [-0.4, -0.2) is 41.6 Å². The fourth-order valence-corrected chi connectivity index (χ4v) is 6.08. The van der Waals surface area contributed by atoms with Crippen molar-refractivity contribution in [2.75, 3.05) is 12.4 Å². The van der Waals surface area contributed by atoms with E-state index in [0.717, 1.165) is 6.07 Å². The van der Waals surface area contributed by atoms with Gasteiger partial charge in [0.25, 0.3) is 5.69 Å². The van der Waals surface area contributed by atoms with E-state index in [-0.39, 0.29) is 27.9 Å². The summed E-state index contributed by atoms with van der Waals surface area (Å²) in [6.45, 7) is 14.5. The molecule has 0 fully saturated rings. The van der Waals surface area contributed by atoms with Gasteiger partial charge in [0.1, 0.15) is 28.7 Å². The van der Waals surface area contributed by atoms with E-state index in [1.54, 1.807) is 6.07 Å². The fraction of sp³-hybridized carbons (Fsp3) is 0.429. The lowest BCUT2D eigenvalue weighted by Crippen LogP contribution is -2.46. The first-order valence-electron chi connectivity index (χ1n) is 12.9. The van der Waals surface area contributed by atoms with Crippen LogP contribution in [0.15, 0.2) is 36.8 Å². The number of pyridine rings is 1. The van der Waals surface area contributed by atoms with E-state index < -0.39 is 36.4 Å². The molecule has 1 aromatic carbocycles. The molecule has 0 unspecified atom stereocenters. The van der Waals surface area contributed by atoms with Gasteiger partial charge < -0.3 is 19.3 Å². The van der Waals surface area contributed by atoms with Crippen LogP contribution in [0.25, 0.3) is 11.1 Å². The standard InChI is InChI=1S/C28H35ClFN5O5Si/c1-27(2,3)41(7,8)40-28(4,5)26-32-15-17(16-33-26)18-13-21(22(35(37)38)14-19(18)30)34-20(10-12-36)24-23(39-6)9-11-31-25(24)29/h9,11-16,20,34H,10H2,1-8H3/q-1/t20-/m1/s1. The van der Waals surface area contributed by atoms with Gasteiger partial charge in [0, 0.05) is 36.1 Å². The van der Waals surface area contributed by atoms with E-state index in [0.29, 0.717) is 29.0 Å². The quantitative estimate of drug-likeness (QED) is 0.0791. The zero-order chi connectivity index (χ0) is 30.8. The number of carbonyl (C=O) groups excluding carboxylic acids is 1. The Morgan fingerprint density at radius 2 is 1.80 bits per heavy atom. The average molecular weight is 604 g/mol. The predicted molar refractivity (Wildman–Crippen MR) is 158 cm³/mol. The van der Waals surface area contributed by atoms with E-state index in [1.807, 2.05) is 13.8 Å². The highest BCUT2D eigenvalue weighted by Gasteiger charge is 2.33. The van der Waals surface area contributed by atoms with Gasteiger partial charge in [-0.3, -0.25) is 10.1 Å². The van der Waals surface area contributed by atoms with E-state index in [9.17, 15) is 14.9 Å². The third kappa shape index (κ3) is 7.06. The van der Waals surface area contributed by atoms with Crippen molar-refractivity contribution >= 4 is 37.6 Å². The second-order valence-corrected chi connectivity index (χ2v) is 16.7. The van der Waals surface area contributed by atoms with Gasteiger partial charge in [0.05, 0.1) is 35.3 Å². The number of rotatable bonds is 11. The second kappa shape index (κ2) is 12.2. The molecule has 0 spiro atoms. The molecule has 2 heterocycles. The molecule has 10 nitrogen and oxygen atoms in total. The number of anilines is 1. The van der Waals surface area contributed by atoms with Crippen molar-refractivity contribution in [3.63, 3.8) is 0 Å². The smallest absolute Gasteiger partial charge is 0.295 e. The van der Waals surface area contributed by atoms with Crippen LogP contribution in [0.3, 0.4) is 0 Å². The number of hydrogen-bond acceptors (Lipinski definition) is 9. The molecule has 3 aromatic rings. The van der Waals surface area contributed by atoms with Gasteiger partial charge in [-0.1, -0.05) is 32.4 Å². The number of methoxy groups -OCH3 is 1. The first kappa shape index (κ1) is 32.0. The van der Waals surface area contributed by atoms with Crippen molar-refractivity contribution in [3.05, 3.63) is 69.3 Å². The molecule has 0 saturated carbocycles. The Hall–Kier alpha value is -3.48. The summed E-state index contributed by atoms with van der Waals surface area (Å²) in [5.41, 5.74) is -0.695. The predicted octanol–water partition coefficient (Wildman–Crippen LogP) is 7.25. The van der Waals surface area contributed by atoms with Crippen molar-refractivity contribution in [1.29, 1.82) is 0 Å². The number of carbonyl (C=O) groups is 1. The number of ether oxygens (including phenoxy) is 1. The molecule has 2 aromatic heterocycles. The normalized spacial score (nSPS) is 13.0. The lowest BCUT2D eigenvalue weighted by atomic mass is 10.0. The Morgan fingerprint density at radius 3 is 2.34 bits per heavy atom. The SMILES string of the molecule is COc1ccnc(Cl)c1[C@@H](CC=O)Nc1cc(-c2cnc(C(C)(C)O[Si-](C)(C)C(C)(C)C)nc2)c(F)cc1[N+](=O)[O-]. The van der Waals surface area contributed by atoms with Crippen molar-refractivity contribution in [2.24, 2.45) is 0 Å². The third-order valence-corrected chi connectivity index (χ3v) is 12.2. The number of nitrogens with one attached hydrogen (secondary N) is 1. The molecule has 0 aliphatic carbocycles. The first-order chi connectivity index (χ1) is 19.0. The number of halogens is 2. The van der Waals surface area contributed by atoms with Gasteiger partial charge in [0.15, 0.2) is 5.82 Å². The van der Waals surface area contributed by atoms with E-state index >= 15 is 4.39 Å². The molecule has 13 heteroatoms. The molecule has 41 heavy (non-hydrogen) atoms.